The molecule has 1 aliphatic heterocycles. The molecule has 0 saturated carbocycles. The Morgan fingerprint density at radius 2 is 1.93 bits per heavy atom. The molecule has 0 bridgehead atoms. The molecule has 0 spiro atoms. The Bertz CT molecular complexity index is 275. The van der Waals surface area contributed by atoms with Crippen LogP contribution < -0.4 is 5.43 Å². The summed E-state index contributed by atoms with van der Waals surface area (Å²) in [7, 11) is 0. The minimum Gasteiger partial charge on any atom is -0.322 e. The van der Waals surface area contributed by atoms with Crippen molar-refractivity contribution >= 4 is 5.78 Å². The van der Waals surface area contributed by atoms with Gasteiger partial charge in [0.1, 0.15) is 0 Å². The first-order valence-electron chi connectivity index (χ1n) is 5.95. The molecule has 0 aromatic heterocycles. The van der Waals surface area contributed by atoms with Gasteiger partial charge in [-0.15, -0.1) is 0 Å². The number of carbonyl (C=O) groups excluding carboxylic acids is 1. The van der Waals surface area contributed by atoms with Gasteiger partial charge in [-0.05, 0) is 33.1 Å². The van der Waals surface area contributed by atoms with Crippen LogP contribution in [0.1, 0.15) is 46.0 Å². The number of piperidine rings is 1. The summed E-state index contributed by atoms with van der Waals surface area (Å²) < 4.78 is 0. The van der Waals surface area contributed by atoms with E-state index in [1.165, 1.54) is 19.3 Å². The fraction of sp³-hybridized carbons (Fsp3) is 0.750. The third-order valence-corrected chi connectivity index (χ3v) is 3.44. The number of hydrogen-bond acceptors (Lipinski definition) is 3. The van der Waals surface area contributed by atoms with Gasteiger partial charge in [-0.25, -0.2) is 5.01 Å². The summed E-state index contributed by atoms with van der Waals surface area (Å²) in [6.07, 6.45) is 7.14. The van der Waals surface area contributed by atoms with Crippen molar-refractivity contribution < 1.29 is 4.79 Å². The van der Waals surface area contributed by atoms with Crippen LogP contribution in [-0.2, 0) is 4.79 Å². The first-order chi connectivity index (χ1) is 7.16. The third kappa shape index (κ3) is 2.40. The smallest absolute Gasteiger partial charge is 0.157 e. The number of rotatable bonds is 2. The molecule has 0 aromatic rings. The van der Waals surface area contributed by atoms with Gasteiger partial charge in [0.05, 0.1) is 0 Å². The maximum Gasteiger partial charge on any atom is 0.157 e. The molecule has 2 unspecified atom stereocenters. The molecule has 1 N–H and O–H groups in total. The van der Waals surface area contributed by atoms with Gasteiger partial charge in [-0.3, -0.25) is 4.79 Å². The normalized spacial score (nSPS) is 32.9. The van der Waals surface area contributed by atoms with Crippen LogP contribution in [-0.4, -0.2) is 22.9 Å². The van der Waals surface area contributed by atoms with Crippen LogP contribution in [0.15, 0.2) is 11.8 Å². The van der Waals surface area contributed by atoms with Crippen LogP contribution in [0, 0.1) is 0 Å². The zero-order valence-corrected chi connectivity index (χ0v) is 9.62. The summed E-state index contributed by atoms with van der Waals surface area (Å²) in [5.74, 6) is 0.259. The Morgan fingerprint density at radius 1 is 1.27 bits per heavy atom. The molecule has 3 nitrogen and oxygen atoms in total. The first-order valence-corrected chi connectivity index (χ1v) is 5.95. The standard InChI is InChI=1S/C12H20N2O/c1-9-4-3-5-10(2)14(9)13-11-6-7-12(15)8-11/h8-10,13H,3-7H2,1-2H3. The molecule has 1 saturated heterocycles. The van der Waals surface area contributed by atoms with E-state index >= 15 is 0 Å². The second-order valence-corrected chi connectivity index (χ2v) is 4.78. The van der Waals surface area contributed by atoms with Crippen molar-refractivity contribution in [2.24, 2.45) is 0 Å². The van der Waals surface area contributed by atoms with Crippen LogP contribution >= 0.6 is 0 Å². The fourth-order valence-corrected chi connectivity index (χ4v) is 2.49. The predicted molar refractivity (Wildman–Crippen MR) is 60.1 cm³/mol. The Balaban J connectivity index is 1.97. The van der Waals surface area contributed by atoms with Crippen molar-refractivity contribution in [2.75, 3.05) is 0 Å². The minimum absolute atomic E-state index is 0.259. The number of hydrogen-bond donors (Lipinski definition) is 1. The molecule has 3 heteroatoms. The monoisotopic (exact) mass is 208 g/mol. The molecule has 1 heterocycles. The fourth-order valence-electron chi connectivity index (χ4n) is 2.49. The quantitative estimate of drug-likeness (QED) is 0.753. The predicted octanol–water partition coefficient (Wildman–Crippen LogP) is 2.00. The van der Waals surface area contributed by atoms with Gasteiger partial charge in [-0.2, -0.15) is 0 Å². The van der Waals surface area contributed by atoms with Crippen molar-refractivity contribution in [3.05, 3.63) is 11.8 Å². The SMILES string of the molecule is CC1CCCC(C)N1NC1=CC(=O)CC1. The molecule has 84 valence electrons. The van der Waals surface area contributed by atoms with Crippen molar-refractivity contribution in [2.45, 2.75) is 58.0 Å². The summed E-state index contributed by atoms with van der Waals surface area (Å²) in [6, 6.07) is 1.15. The van der Waals surface area contributed by atoms with Gasteiger partial charge in [0.2, 0.25) is 0 Å². The second-order valence-electron chi connectivity index (χ2n) is 4.78. The number of nitrogens with one attached hydrogen (secondary N) is 1. The van der Waals surface area contributed by atoms with Gasteiger partial charge < -0.3 is 5.43 Å². The van der Waals surface area contributed by atoms with E-state index in [4.69, 9.17) is 0 Å². The lowest BCUT2D eigenvalue weighted by molar-refractivity contribution is -0.114. The zero-order chi connectivity index (χ0) is 10.8. The largest absolute Gasteiger partial charge is 0.322 e. The van der Waals surface area contributed by atoms with E-state index in [1.807, 2.05) is 0 Å². The number of ketones is 1. The van der Waals surface area contributed by atoms with Gasteiger partial charge in [0.25, 0.3) is 0 Å². The number of nitrogens with zero attached hydrogens (tertiary/aromatic N) is 1. The Kier molecular flexibility index (Phi) is 3.10. The molecular weight excluding hydrogens is 188 g/mol. The van der Waals surface area contributed by atoms with Crippen molar-refractivity contribution in [1.29, 1.82) is 0 Å². The second kappa shape index (κ2) is 4.35. The van der Waals surface area contributed by atoms with Crippen LogP contribution in [0.25, 0.3) is 0 Å². The van der Waals surface area contributed by atoms with Crippen molar-refractivity contribution in [3.63, 3.8) is 0 Å². The Morgan fingerprint density at radius 3 is 2.47 bits per heavy atom. The topological polar surface area (TPSA) is 32.3 Å². The molecule has 0 aromatic carbocycles. The third-order valence-electron chi connectivity index (χ3n) is 3.44. The number of allylic oxidation sites excluding steroid dienone is 2. The molecular formula is C12H20N2O. The molecule has 15 heavy (non-hydrogen) atoms. The highest BCUT2D eigenvalue weighted by Gasteiger charge is 2.26. The molecule has 1 aliphatic carbocycles. The minimum atomic E-state index is 0.259. The zero-order valence-electron chi connectivity index (χ0n) is 9.62. The van der Waals surface area contributed by atoms with Crippen LogP contribution in [0.5, 0.6) is 0 Å². The van der Waals surface area contributed by atoms with Crippen molar-refractivity contribution in [3.8, 4) is 0 Å². The molecule has 2 aliphatic rings. The van der Waals surface area contributed by atoms with E-state index in [0.717, 1.165) is 12.1 Å². The van der Waals surface area contributed by atoms with Gasteiger partial charge in [0.15, 0.2) is 5.78 Å². The maximum atomic E-state index is 11.1. The maximum absolute atomic E-state index is 11.1. The highest BCUT2D eigenvalue weighted by molar-refractivity contribution is 5.92. The van der Waals surface area contributed by atoms with E-state index in [-0.39, 0.29) is 5.78 Å². The summed E-state index contributed by atoms with van der Waals surface area (Å²) >= 11 is 0. The van der Waals surface area contributed by atoms with Gasteiger partial charge in [-0.1, -0.05) is 6.42 Å². The van der Waals surface area contributed by atoms with Crippen LogP contribution in [0.4, 0.5) is 0 Å². The lowest BCUT2D eigenvalue weighted by Crippen LogP contribution is -2.51. The van der Waals surface area contributed by atoms with E-state index in [0.29, 0.717) is 18.5 Å². The summed E-state index contributed by atoms with van der Waals surface area (Å²) in [4.78, 5) is 11.1. The summed E-state index contributed by atoms with van der Waals surface area (Å²) in [5.41, 5.74) is 4.52. The number of hydrazine groups is 1. The lowest BCUT2D eigenvalue weighted by atomic mass is 10.00. The molecule has 2 rings (SSSR count). The Labute approximate surface area is 91.5 Å². The van der Waals surface area contributed by atoms with E-state index < -0.39 is 0 Å². The van der Waals surface area contributed by atoms with E-state index in [9.17, 15) is 4.79 Å². The summed E-state index contributed by atoms with van der Waals surface area (Å²) in [5, 5.41) is 2.31. The molecule has 0 amide bonds. The molecule has 2 atom stereocenters. The Hall–Kier alpha value is -0.830. The van der Waals surface area contributed by atoms with Crippen LogP contribution in [0.3, 0.4) is 0 Å². The highest BCUT2D eigenvalue weighted by atomic mass is 16.1. The average Bonchev–Trinajstić information content (AvgIpc) is 2.58. The van der Waals surface area contributed by atoms with Gasteiger partial charge >= 0.3 is 0 Å². The van der Waals surface area contributed by atoms with Gasteiger partial charge in [0, 0.05) is 30.3 Å². The number of carbonyl (C=O) groups is 1. The molecule has 1 fully saturated rings. The van der Waals surface area contributed by atoms with Crippen LogP contribution in [0.2, 0.25) is 0 Å². The first kappa shape index (κ1) is 10.7. The van der Waals surface area contributed by atoms with E-state index in [1.54, 1.807) is 6.08 Å². The van der Waals surface area contributed by atoms with E-state index in [2.05, 4.69) is 24.3 Å². The summed E-state index contributed by atoms with van der Waals surface area (Å²) in [6.45, 7) is 4.50. The molecule has 0 radical (unpaired) electrons. The highest BCUT2D eigenvalue weighted by Crippen LogP contribution is 2.22. The lowest BCUT2D eigenvalue weighted by Gasteiger charge is -2.39. The average molecular weight is 208 g/mol. The van der Waals surface area contributed by atoms with Crippen molar-refractivity contribution in [1.82, 2.24) is 10.4 Å².